The highest BCUT2D eigenvalue weighted by Gasteiger charge is 2.39. The number of sulfonamides is 1. The fraction of sp³-hybridized carbons (Fsp3) is 0.409. The number of carbonyl (C=O) groups is 1. The highest BCUT2D eigenvalue weighted by atomic mass is 32.2. The molecule has 2 aromatic carbocycles. The molecule has 1 aliphatic carbocycles. The van der Waals surface area contributed by atoms with Crippen molar-refractivity contribution in [2.75, 3.05) is 17.9 Å². The van der Waals surface area contributed by atoms with E-state index in [2.05, 4.69) is 0 Å². The van der Waals surface area contributed by atoms with Crippen LogP contribution in [-0.4, -0.2) is 45.0 Å². The number of amides is 1. The van der Waals surface area contributed by atoms with Crippen LogP contribution in [0.1, 0.15) is 31.2 Å². The second-order valence-electron chi connectivity index (χ2n) is 7.81. The second-order valence-corrected chi connectivity index (χ2v) is 9.67. The fourth-order valence-corrected chi connectivity index (χ4v) is 5.57. The molecule has 7 heteroatoms. The predicted octanol–water partition coefficient (Wildman–Crippen LogP) is 3.35. The number of hydrogen-bond donors (Lipinski definition) is 0. The lowest BCUT2D eigenvalue weighted by molar-refractivity contribution is -0.139. The Balaban J connectivity index is 1.68. The number of anilines is 1. The highest BCUT2D eigenvalue weighted by molar-refractivity contribution is 7.92. The van der Waals surface area contributed by atoms with Crippen LogP contribution in [0, 0.1) is 6.92 Å². The molecule has 29 heavy (non-hydrogen) atoms. The summed E-state index contributed by atoms with van der Waals surface area (Å²) in [6.45, 7) is 1.87. The van der Waals surface area contributed by atoms with Gasteiger partial charge in [-0.15, -0.1) is 0 Å². The summed E-state index contributed by atoms with van der Waals surface area (Å²) in [7, 11) is -2.03. The zero-order valence-electron chi connectivity index (χ0n) is 16.7. The average molecular weight is 415 g/mol. The quantitative estimate of drug-likeness (QED) is 0.770. The van der Waals surface area contributed by atoms with Crippen LogP contribution in [0.5, 0.6) is 5.75 Å². The van der Waals surface area contributed by atoms with E-state index in [1.807, 2.05) is 6.92 Å². The van der Waals surface area contributed by atoms with Crippen LogP contribution < -0.4 is 9.04 Å². The van der Waals surface area contributed by atoms with Gasteiger partial charge in [-0.2, -0.15) is 0 Å². The highest BCUT2D eigenvalue weighted by Crippen LogP contribution is 2.37. The minimum Gasteiger partial charge on any atom is -0.476 e. The Kier molecular flexibility index (Phi) is 5.25. The predicted molar refractivity (Wildman–Crippen MR) is 112 cm³/mol. The van der Waals surface area contributed by atoms with Gasteiger partial charge in [0.15, 0.2) is 6.10 Å². The molecule has 1 amide bonds. The van der Waals surface area contributed by atoms with Gasteiger partial charge in [-0.05, 0) is 44.0 Å². The Morgan fingerprint density at radius 3 is 2.41 bits per heavy atom. The lowest BCUT2D eigenvalue weighted by Gasteiger charge is -2.37. The van der Waals surface area contributed by atoms with E-state index >= 15 is 0 Å². The summed E-state index contributed by atoms with van der Waals surface area (Å²) in [5, 5.41) is 0. The summed E-state index contributed by atoms with van der Waals surface area (Å²) in [5.41, 5.74) is 1.44. The molecule has 1 fully saturated rings. The third-order valence-corrected chi connectivity index (χ3v) is 7.63. The van der Waals surface area contributed by atoms with Gasteiger partial charge in [-0.1, -0.05) is 42.7 Å². The Morgan fingerprint density at radius 1 is 1.07 bits per heavy atom. The zero-order chi connectivity index (χ0) is 20.6. The second kappa shape index (κ2) is 7.71. The monoisotopic (exact) mass is 414 g/mol. The average Bonchev–Trinajstić information content (AvgIpc) is 3.27. The molecule has 6 nitrogen and oxygen atoms in total. The normalized spacial score (nSPS) is 19.5. The summed E-state index contributed by atoms with van der Waals surface area (Å²) in [5.74, 6) is 0.239. The first-order valence-electron chi connectivity index (χ1n) is 9.99. The smallest absolute Gasteiger partial charge is 0.265 e. The van der Waals surface area contributed by atoms with Crippen LogP contribution in [0.3, 0.4) is 0 Å². The molecule has 1 heterocycles. The first kappa shape index (κ1) is 19.8. The lowest BCUT2D eigenvalue weighted by atomic mass is 10.1. The molecule has 1 saturated carbocycles. The number of benzene rings is 2. The minimum absolute atomic E-state index is 0.0386. The number of hydrogen-bond acceptors (Lipinski definition) is 4. The van der Waals surface area contributed by atoms with Crippen LogP contribution in [0.4, 0.5) is 5.69 Å². The number of rotatable bonds is 4. The Bertz CT molecular complexity index is 998. The fourth-order valence-electron chi connectivity index (χ4n) is 4.09. The molecule has 154 valence electrons. The van der Waals surface area contributed by atoms with Gasteiger partial charge in [0.25, 0.3) is 15.9 Å². The van der Waals surface area contributed by atoms with Crippen molar-refractivity contribution in [3.63, 3.8) is 0 Å². The van der Waals surface area contributed by atoms with Crippen LogP contribution in [0.2, 0.25) is 0 Å². The molecule has 0 spiro atoms. The number of ether oxygens (including phenoxy) is 1. The molecular weight excluding hydrogens is 388 g/mol. The molecule has 2 aliphatic rings. The molecular formula is C22H26N2O4S. The maximum Gasteiger partial charge on any atom is 0.265 e. The van der Waals surface area contributed by atoms with Gasteiger partial charge in [0.2, 0.25) is 0 Å². The van der Waals surface area contributed by atoms with Gasteiger partial charge in [0, 0.05) is 13.1 Å². The third-order valence-electron chi connectivity index (χ3n) is 5.84. The first-order chi connectivity index (χ1) is 13.9. The molecule has 1 unspecified atom stereocenters. The number of para-hydroxylation sites is 2. The van der Waals surface area contributed by atoms with Crippen molar-refractivity contribution in [2.24, 2.45) is 0 Å². The lowest BCUT2D eigenvalue weighted by Crippen LogP contribution is -2.52. The Hall–Kier alpha value is -2.54. The van der Waals surface area contributed by atoms with Gasteiger partial charge >= 0.3 is 0 Å². The van der Waals surface area contributed by atoms with Gasteiger partial charge < -0.3 is 9.64 Å². The molecule has 1 atom stereocenters. The van der Waals surface area contributed by atoms with Crippen molar-refractivity contribution in [2.45, 2.75) is 49.6 Å². The van der Waals surface area contributed by atoms with Gasteiger partial charge in [-0.3, -0.25) is 9.10 Å². The van der Waals surface area contributed by atoms with E-state index in [-0.39, 0.29) is 23.4 Å². The molecule has 0 radical (unpaired) electrons. The molecule has 0 bridgehead atoms. The third kappa shape index (κ3) is 3.71. The minimum atomic E-state index is -3.82. The number of fused-ring (bicyclic) bond motifs is 1. The van der Waals surface area contributed by atoms with Crippen LogP contribution in [0.25, 0.3) is 0 Å². The van der Waals surface area contributed by atoms with Crippen molar-refractivity contribution in [1.29, 1.82) is 0 Å². The summed E-state index contributed by atoms with van der Waals surface area (Å²) < 4.78 is 34.1. The van der Waals surface area contributed by atoms with Crippen molar-refractivity contribution < 1.29 is 17.9 Å². The number of nitrogens with zero attached hydrogens (tertiary/aromatic N) is 2. The Morgan fingerprint density at radius 2 is 1.72 bits per heavy atom. The van der Waals surface area contributed by atoms with E-state index in [1.54, 1.807) is 60.5 Å². The molecule has 0 aromatic heterocycles. The van der Waals surface area contributed by atoms with Crippen molar-refractivity contribution in [3.8, 4) is 5.75 Å². The topological polar surface area (TPSA) is 66.9 Å². The number of aryl methyl sites for hydroxylation is 1. The first-order valence-corrected chi connectivity index (χ1v) is 11.4. The van der Waals surface area contributed by atoms with E-state index < -0.39 is 16.1 Å². The number of likely N-dealkylation sites (N-methyl/N-ethyl adjacent to an activating group) is 1. The van der Waals surface area contributed by atoms with Crippen LogP contribution >= 0.6 is 0 Å². The van der Waals surface area contributed by atoms with Crippen LogP contribution in [-0.2, 0) is 14.8 Å². The summed E-state index contributed by atoms with van der Waals surface area (Å²) in [4.78, 5) is 15.1. The van der Waals surface area contributed by atoms with Crippen molar-refractivity contribution in [3.05, 3.63) is 54.1 Å². The van der Waals surface area contributed by atoms with E-state index in [1.165, 1.54) is 4.31 Å². The van der Waals surface area contributed by atoms with Gasteiger partial charge in [-0.25, -0.2) is 8.42 Å². The summed E-state index contributed by atoms with van der Waals surface area (Å²) in [6.07, 6.45) is 3.33. The molecule has 1 aliphatic heterocycles. The molecule has 4 rings (SSSR count). The van der Waals surface area contributed by atoms with E-state index in [9.17, 15) is 13.2 Å². The zero-order valence-corrected chi connectivity index (χ0v) is 17.6. The number of carbonyl (C=O) groups excluding carboxylic acids is 1. The molecule has 2 aromatic rings. The van der Waals surface area contributed by atoms with E-state index in [4.69, 9.17) is 4.74 Å². The van der Waals surface area contributed by atoms with E-state index in [0.717, 1.165) is 31.2 Å². The maximum absolute atomic E-state index is 13.4. The SMILES string of the molecule is Cc1ccc(S(=O)(=O)N2CC(C(=O)N(C)C3CCCC3)Oc3ccccc32)cc1. The molecule has 0 N–H and O–H groups in total. The van der Waals surface area contributed by atoms with Gasteiger partial charge in [0.1, 0.15) is 5.75 Å². The summed E-state index contributed by atoms with van der Waals surface area (Å²) in [6, 6.07) is 13.9. The Labute approximate surface area is 172 Å². The van der Waals surface area contributed by atoms with E-state index in [0.29, 0.717) is 11.4 Å². The van der Waals surface area contributed by atoms with Crippen LogP contribution in [0.15, 0.2) is 53.4 Å². The standard InChI is InChI=1S/C22H26N2O4S/c1-16-11-13-18(14-12-16)29(26,27)24-15-21(28-20-10-6-5-9-19(20)24)22(25)23(2)17-7-3-4-8-17/h5-6,9-14,17,21H,3-4,7-8,15H2,1-2H3. The van der Waals surface area contributed by atoms with Crippen molar-refractivity contribution in [1.82, 2.24) is 4.90 Å². The van der Waals surface area contributed by atoms with Gasteiger partial charge in [0.05, 0.1) is 17.1 Å². The summed E-state index contributed by atoms with van der Waals surface area (Å²) >= 11 is 0. The van der Waals surface area contributed by atoms with Crippen molar-refractivity contribution >= 4 is 21.6 Å². The maximum atomic E-state index is 13.4. The largest absolute Gasteiger partial charge is 0.476 e. The molecule has 0 saturated heterocycles.